The number of ether oxygens (including phenoxy) is 1. The van der Waals surface area contributed by atoms with Gasteiger partial charge in [0.05, 0.1) is 11.9 Å². The van der Waals surface area contributed by atoms with E-state index in [0.29, 0.717) is 5.69 Å². The van der Waals surface area contributed by atoms with E-state index in [9.17, 15) is 8.78 Å². The quantitative estimate of drug-likeness (QED) is 0.786. The van der Waals surface area contributed by atoms with Crippen molar-refractivity contribution in [2.24, 2.45) is 0 Å². The molecule has 17 heavy (non-hydrogen) atoms. The van der Waals surface area contributed by atoms with Gasteiger partial charge in [0.15, 0.2) is 0 Å². The first-order valence-corrected chi connectivity index (χ1v) is 5.96. The number of hydrogen-bond donors (Lipinski definition) is 0. The number of nitrogens with zero attached hydrogens (tertiary/aromatic N) is 2. The summed E-state index contributed by atoms with van der Waals surface area (Å²) in [5.74, 6) is 0.123. The molecular weight excluding hydrogens is 246 g/mol. The second kappa shape index (κ2) is 5.18. The SMILES string of the molecule is CSc1cc(OC(F)F)cc(-n2c[c]cn2)c1. The van der Waals surface area contributed by atoms with Gasteiger partial charge < -0.3 is 4.74 Å². The lowest BCUT2D eigenvalue weighted by Crippen LogP contribution is -2.03. The summed E-state index contributed by atoms with van der Waals surface area (Å²) in [6.07, 6.45) is 4.98. The summed E-state index contributed by atoms with van der Waals surface area (Å²) in [5.41, 5.74) is 0.661. The number of alkyl halides is 2. The Balaban J connectivity index is 2.38. The van der Waals surface area contributed by atoms with Crippen LogP contribution in [0.25, 0.3) is 5.69 Å². The molecule has 1 aromatic carbocycles. The van der Waals surface area contributed by atoms with Crippen LogP contribution in [-0.4, -0.2) is 22.6 Å². The van der Waals surface area contributed by atoms with Gasteiger partial charge in [-0.3, -0.25) is 0 Å². The number of thioether (sulfide) groups is 1. The van der Waals surface area contributed by atoms with Gasteiger partial charge in [0.1, 0.15) is 5.75 Å². The Bertz CT molecular complexity index is 488. The minimum atomic E-state index is -2.83. The highest BCUT2D eigenvalue weighted by molar-refractivity contribution is 7.98. The minimum Gasteiger partial charge on any atom is -0.435 e. The molecule has 3 nitrogen and oxygen atoms in total. The summed E-state index contributed by atoms with van der Waals surface area (Å²) in [6.45, 7) is -2.83. The van der Waals surface area contributed by atoms with Crippen molar-refractivity contribution in [1.82, 2.24) is 9.78 Å². The van der Waals surface area contributed by atoms with E-state index in [2.05, 4.69) is 15.9 Å². The van der Waals surface area contributed by atoms with Gasteiger partial charge in [0.25, 0.3) is 0 Å². The molecule has 2 aromatic rings. The molecule has 0 spiro atoms. The third-order valence-corrected chi connectivity index (χ3v) is 2.75. The van der Waals surface area contributed by atoms with Crippen molar-refractivity contribution >= 4 is 11.8 Å². The summed E-state index contributed by atoms with van der Waals surface area (Å²) >= 11 is 1.45. The standard InChI is InChI=1S/C11H9F2N2OS/c1-17-10-6-8(15-4-2-3-14-15)5-9(7-10)16-11(12)13/h3-7,11H,1H3. The second-order valence-corrected chi connectivity index (χ2v) is 4.01. The van der Waals surface area contributed by atoms with Crippen LogP contribution >= 0.6 is 11.8 Å². The Labute approximate surface area is 101 Å². The Hall–Kier alpha value is -1.56. The Morgan fingerprint density at radius 2 is 2.24 bits per heavy atom. The van der Waals surface area contributed by atoms with Crippen LogP contribution in [0.4, 0.5) is 8.78 Å². The molecule has 0 saturated heterocycles. The smallest absolute Gasteiger partial charge is 0.387 e. The molecule has 1 radical (unpaired) electrons. The molecule has 0 saturated carbocycles. The van der Waals surface area contributed by atoms with Crippen molar-refractivity contribution in [3.63, 3.8) is 0 Å². The third kappa shape index (κ3) is 2.97. The molecule has 0 atom stereocenters. The van der Waals surface area contributed by atoms with E-state index < -0.39 is 6.61 Å². The molecule has 0 aliphatic carbocycles. The second-order valence-electron chi connectivity index (χ2n) is 3.13. The summed E-state index contributed by atoms with van der Waals surface area (Å²) in [6, 6.07) is 7.69. The lowest BCUT2D eigenvalue weighted by molar-refractivity contribution is -0.0499. The van der Waals surface area contributed by atoms with Gasteiger partial charge in [0.2, 0.25) is 0 Å². The highest BCUT2D eigenvalue weighted by atomic mass is 32.2. The number of aromatic nitrogens is 2. The molecule has 0 bridgehead atoms. The van der Waals surface area contributed by atoms with Gasteiger partial charge in [0, 0.05) is 23.2 Å². The van der Waals surface area contributed by atoms with E-state index in [-0.39, 0.29) is 5.75 Å². The number of benzene rings is 1. The van der Waals surface area contributed by atoms with Crippen LogP contribution < -0.4 is 4.74 Å². The Morgan fingerprint density at radius 1 is 1.41 bits per heavy atom. The lowest BCUT2D eigenvalue weighted by atomic mass is 10.3. The van der Waals surface area contributed by atoms with Crippen molar-refractivity contribution in [2.75, 3.05) is 6.26 Å². The Morgan fingerprint density at radius 3 is 2.82 bits per heavy atom. The van der Waals surface area contributed by atoms with Crippen LogP contribution in [0, 0.1) is 6.07 Å². The summed E-state index contributed by atoms with van der Waals surface area (Å²) < 4.78 is 30.3. The maximum Gasteiger partial charge on any atom is 0.387 e. The monoisotopic (exact) mass is 255 g/mol. The highest BCUT2D eigenvalue weighted by Gasteiger charge is 2.08. The number of hydrogen-bond acceptors (Lipinski definition) is 3. The largest absolute Gasteiger partial charge is 0.435 e. The molecule has 0 N–H and O–H groups in total. The molecule has 89 valence electrons. The van der Waals surface area contributed by atoms with Gasteiger partial charge in [-0.15, -0.1) is 11.8 Å². The first-order chi connectivity index (χ1) is 8.19. The van der Waals surface area contributed by atoms with Crippen molar-refractivity contribution in [1.29, 1.82) is 0 Å². The van der Waals surface area contributed by atoms with Crippen LogP contribution in [0.5, 0.6) is 5.75 Å². The first-order valence-electron chi connectivity index (χ1n) is 4.74. The zero-order chi connectivity index (χ0) is 12.3. The summed E-state index contributed by atoms with van der Waals surface area (Å²) in [5, 5.41) is 3.99. The molecule has 0 unspecified atom stereocenters. The molecule has 0 fully saturated rings. The van der Waals surface area contributed by atoms with E-state index in [1.54, 1.807) is 12.3 Å². The third-order valence-electron chi connectivity index (χ3n) is 2.04. The van der Waals surface area contributed by atoms with E-state index in [1.807, 2.05) is 12.3 Å². The van der Waals surface area contributed by atoms with Gasteiger partial charge in [-0.05, 0) is 18.4 Å². The zero-order valence-corrected chi connectivity index (χ0v) is 9.75. The zero-order valence-electron chi connectivity index (χ0n) is 8.93. The molecule has 0 aliphatic rings. The molecule has 1 heterocycles. The van der Waals surface area contributed by atoms with Crippen LogP contribution in [0.3, 0.4) is 0 Å². The predicted molar refractivity (Wildman–Crippen MR) is 60.8 cm³/mol. The van der Waals surface area contributed by atoms with E-state index in [0.717, 1.165) is 4.90 Å². The molecule has 0 aliphatic heterocycles. The van der Waals surface area contributed by atoms with Crippen LogP contribution in [0.15, 0.2) is 35.5 Å². The minimum absolute atomic E-state index is 0.123. The maximum absolute atomic E-state index is 12.2. The van der Waals surface area contributed by atoms with Crippen molar-refractivity contribution in [3.05, 3.63) is 36.7 Å². The average Bonchev–Trinajstić information content (AvgIpc) is 2.81. The highest BCUT2D eigenvalue weighted by Crippen LogP contribution is 2.26. The molecule has 0 amide bonds. The van der Waals surface area contributed by atoms with Crippen LogP contribution in [0.1, 0.15) is 0 Å². The van der Waals surface area contributed by atoms with Gasteiger partial charge >= 0.3 is 6.61 Å². The van der Waals surface area contributed by atoms with E-state index in [1.165, 1.54) is 28.7 Å². The topological polar surface area (TPSA) is 27.1 Å². The van der Waals surface area contributed by atoms with E-state index in [4.69, 9.17) is 0 Å². The predicted octanol–water partition coefficient (Wildman–Crippen LogP) is 3.00. The first kappa shape index (κ1) is 11.9. The van der Waals surface area contributed by atoms with Gasteiger partial charge in [-0.25, -0.2) is 4.68 Å². The summed E-state index contributed by atoms with van der Waals surface area (Å²) in [4.78, 5) is 0.827. The fraction of sp³-hybridized carbons (Fsp3) is 0.182. The van der Waals surface area contributed by atoms with Crippen LogP contribution in [-0.2, 0) is 0 Å². The molecule has 1 aromatic heterocycles. The van der Waals surface area contributed by atoms with Crippen molar-refractivity contribution < 1.29 is 13.5 Å². The van der Waals surface area contributed by atoms with Gasteiger partial charge in [-0.2, -0.15) is 13.9 Å². The fourth-order valence-electron chi connectivity index (χ4n) is 1.35. The molecule has 2 rings (SSSR count). The molecule has 6 heteroatoms. The van der Waals surface area contributed by atoms with Crippen molar-refractivity contribution in [2.45, 2.75) is 11.5 Å². The number of rotatable bonds is 4. The maximum atomic E-state index is 12.2. The van der Waals surface area contributed by atoms with Crippen LogP contribution in [0.2, 0.25) is 0 Å². The molecular formula is C11H9F2N2OS. The summed E-state index contributed by atoms with van der Waals surface area (Å²) in [7, 11) is 0. The van der Waals surface area contributed by atoms with Crippen molar-refractivity contribution in [3.8, 4) is 11.4 Å². The fourth-order valence-corrected chi connectivity index (χ4v) is 1.82. The normalized spacial score (nSPS) is 10.8. The van der Waals surface area contributed by atoms with E-state index >= 15 is 0 Å². The number of halogens is 2. The Kier molecular flexibility index (Phi) is 3.63. The van der Waals surface area contributed by atoms with Gasteiger partial charge in [-0.1, -0.05) is 0 Å². The lowest BCUT2D eigenvalue weighted by Gasteiger charge is -2.09. The average molecular weight is 255 g/mol.